The average molecular weight is 611 g/mol. The van der Waals surface area contributed by atoms with Crippen LogP contribution in [0.25, 0.3) is 22.4 Å². The highest BCUT2D eigenvalue weighted by Gasteiger charge is 2.45. The molecular weight excluding hydrogens is 571 g/mol. The van der Waals surface area contributed by atoms with Crippen molar-refractivity contribution in [2.75, 3.05) is 6.54 Å². The number of aliphatic carboxylic acids is 1. The molecule has 1 aliphatic heterocycles. The Morgan fingerprint density at radius 2 is 1.72 bits per heavy atom. The first-order valence-corrected chi connectivity index (χ1v) is 15.4. The van der Waals surface area contributed by atoms with Crippen LogP contribution in [-0.4, -0.2) is 44.7 Å². The minimum absolute atomic E-state index is 0.0325. The summed E-state index contributed by atoms with van der Waals surface area (Å²) in [6, 6.07) is 8.08. The number of halogens is 2. The fourth-order valence-electron chi connectivity index (χ4n) is 6.73. The van der Waals surface area contributed by atoms with E-state index < -0.39 is 22.7 Å². The molecule has 2 fully saturated rings. The van der Waals surface area contributed by atoms with Gasteiger partial charge in [0.15, 0.2) is 11.3 Å². The second-order valence-corrected chi connectivity index (χ2v) is 14.7. The molecule has 0 radical (unpaired) electrons. The molecule has 5 rings (SSSR count). The Kier molecular flexibility index (Phi) is 7.99. The van der Waals surface area contributed by atoms with Gasteiger partial charge in [0, 0.05) is 41.1 Å². The van der Waals surface area contributed by atoms with E-state index in [1.165, 1.54) is 12.1 Å². The number of nitrogens with zero attached hydrogens (tertiary/aromatic N) is 2. The summed E-state index contributed by atoms with van der Waals surface area (Å²) in [7, 11) is 0. The summed E-state index contributed by atoms with van der Waals surface area (Å²) >= 11 is 5.90. The van der Waals surface area contributed by atoms with Crippen LogP contribution in [0.4, 0.5) is 4.39 Å². The minimum Gasteiger partial charge on any atom is -0.481 e. The average Bonchev–Trinajstić information content (AvgIpc) is 3.37. The lowest BCUT2D eigenvalue weighted by Gasteiger charge is -2.46. The molecule has 3 aromatic rings. The SMILES string of the molecule is CC(C)(C)c1cc(-c2ccc(Cl)c(F)c2)nc2cc(C(=O)N3CCC(C(=O)[C@H]4CC[C@@](C)(C(=O)O)CC4)CC3(C)C)oc12. The van der Waals surface area contributed by atoms with Crippen molar-refractivity contribution in [1.82, 2.24) is 9.88 Å². The molecule has 1 unspecified atom stereocenters. The normalized spacial score (nSPS) is 24.2. The summed E-state index contributed by atoms with van der Waals surface area (Å²) < 4.78 is 20.5. The topological polar surface area (TPSA) is 101 Å². The number of likely N-dealkylation sites (tertiary alicyclic amines) is 1. The molecule has 3 heterocycles. The summed E-state index contributed by atoms with van der Waals surface area (Å²) in [5.74, 6) is -1.53. The van der Waals surface area contributed by atoms with E-state index in [-0.39, 0.29) is 39.7 Å². The number of fused-ring (bicyclic) bond motifs is 1. The second kappa shape index (κ2) is 11.0. The number of carboxylic acids is 1. The third-order valence-corrected chi connectivity index (χ3v) is 9.85. The highest BCUT2D eigenvalue weighted by atomic mass is 35.5. The van der Waals surface area contributed by atoms with Gasteiger partial charge in [0.1, 0.15) is 17.1 Å². The van der Waals surface area contributed by atoms with Crippen molar-refractivity contribution in [3.8, 4) is 11.3 Å². The van der Waals surface area contributed by atoms with Crippen LogP contribution in [0, 0.1) is 23.1 Å². The smallest absolute Gasteiger partial charge is 0.309 e. The fraction of sp³-hybridized carbons (Fsp3) is 0.529. The standard InChI is InChI=1S/C34H40ClFN2O5/c1-32(2,3)22-16-25(20-7-8-23(35)24(36)15-20)37-26-17-27(43-29(22)26)30(40)38-14-11-21(18-33(38,4)5)28(39)19-9-12-34(6,13-10-19)31(41)42/h7-8,15-17,19,21H,9-14,18H2,1-6H3,(H,41,42)/t19-,21?,34+. The molecule has 43 heavy (non-hydrogen) atoms. The Morgan fingerprint density at radius 1 is 1.05 bits per heavy atom. The molecule has 0 spiro atoms. The number of furan rings is 1. The Balaban J connectivity index is 1.38. The number of piperidine rings is 1. The zero-order chi connectivity index (χ0) is 31.5. The predicted molar refractivity (Wildman–Crippen MR) is 164 cm³/mol. The molecular formula is C34H40ClFN2O5. The van der Waals surface area contributed by atoms with Crippen molar-refractivity contribution in [3.05, 3.63) is 52.5 Å². The van der Waals surface area contributed by atoms with Gasteiger partial charge in [-0.25, -0.2) is 9.37 Å². The monoisotopic (exact) mass is 610 g/mol. The molecule has 1 aromatic carbocycles. The van der Waals surface area contributed by atoms with Crippen LogP contribution < -0.4 is 0 Å². The van der Waals surface area contributed by atoms with Gasteiger partial charge in [-0.1, -0.05) is 38.4 Å². The van der Waals surface area contributed by atoms with Gasteiger partial charge in [0.2, 0.25) is 0 Å². The number of carbonyl (C=O) groups is 3. The quantitative estimate of drug-likeness (QED) is 0.313. The van der Waals surface area contributed by atoms with Gasteiger partial charge in [-0.15, -0.1) is 0 Å². The number of aromatic nitrogens is 1. The van der Waals surface area contributed by atoms with Gasteiger partial charge in [-0.05, 0) is 82.9 Å². The lowest BCUT2D eigenvalue weighted by molar-refractivity contribution is -0.151. The van der Waals surface area contributed by atoms with Gasteiger partial charge in [0.05, 0.1) is 16.1 Å². The lowest BCUT2D eigenvalue weighted by atomic mass is 9.67. The zero-order valence-electron chi connectivity index (χ0n) is 25.7. The molecule has 1 N–H and O–H groups in total. The van der Waals surface area contributed by atoms with Gasteiger partial charge in [0.25, 0.3) is 5.91 Å². The van der Waals surface area contributed by atoms with Crippen LogP contribution in [0.3, 0.4) is 0 Å². The van der Waals surface area contributed by atoms with Crippen molar-refractivity contribution in [3.63, 3.8) is 0 Å². The maximum atomic E-state index is 14.3. The van der Waals surface area contributed by atoms with Crippen molar-refractivity contribution in [1.29, 1.82) is 0 Å². The first-order valence-electron chi connectivity index (χ1n) is 15.0. The van der Waals surface area contributed by atoms with Gasteiger partial charge in [-0.3, -0.25) is 14.4 Å². The molecule has 2 aliphatic rings. The first-order chi connectivity index (χ1) is 20.0. The summed E-state index contributed by atoms with van der Waals surface area (Å²) in [5, 5.41) is 9.58. The maximum Gasteiger partial charge on any atom is 0.309 e. The maximum absolute atomic E-state index is 14.3. The number of benzene rings is 1. The highest BCUT2D eigenvalue weighted by Crippen LogP contribution is 2.43. The molecule has 0 bridgehead atoms. The number of pyridine rings is 1. The number of rotatable bonds is 5. The van der Waals surface area contributed by atoms with Crippen LogP contribution >= 0.6 is 11.6 Å². The fourth-order valence-corrected chi connectivity index (χ4v) is 6.85. The van der Waals surface area contributed by atoms with E-state index in [4.69, 9.17) is 21.0 Å². The molecule has 230 valence electrons. The third kappa shape index (κ3) is 5.95. The summed E-state index contributed by atoms with van der Waals surface area (Å²) in [4.78, 5) is 45.5. The van der Waals surface area contributed by atoms with Crippen molar-refractivity contribution in [2.24, 2.45) is 17.3 Å². The van der Waals surface area contributed by atoms with E-state index in [1.54, 1.807) is 24.0 Å². The van der Waals surface area contributed by atoms with E-state index in [0.717, 1.165) is 5.56 Å². The summed E-state index contributed by atoms with van der Waals surface area (Å²) in [5.41, 5.74) is 1.30. The third-order valence-electron chi connectivity index (χ3n) is 9.55. The van der Waals surface area contributed by atoms with Crippen LogP contribution in [0.1, 0.15) is 96.2 Å². The largest absolute Gasteiger partial charge is 0.481 e. The molecule has 1 saturated heterocycles. The molecule has 1 amide bonds. The van der Waals surface area contributed by atoms with E-state index in [9.17, 15) is 23.9 Å². The number of carboxylic acid groups (broad SMARTS) is 1. The Hall–Kier alpha value is -3.26. The molecule has 1 aliphatic carbocycles. The first kappa shape index (κ1) is 31.2. The zero-order valence-corrected chi connectivity index (χ0v) is 26.5. The number of ketones is 1. The van der Waals surface area contributed by atoms with Crippen LogP contribution in [-0.2, 0) is 15.0 Å². The van der Waals surface area contributed by atoms with Crippen LogP contribution in [0.5, 0.6) is 0 Å². The highest BCUT2D eigenvalue weighted by molar-refractivity contribution is 6.30. The number of amides is 1. The Bertz CT molecular complexity index is 1600. The van der Waals surface area contributed by atoms with Crippen LogP contribution in [0.15, 0.2) is 34.7 Å². The van der Waals surface area contributed by atoms with E-state index in [0.29, 0.717) is 67.4 Å². The lowest BCUT2D eigenvalue weighted by Crippen LogP contribution is -2.54. The van der Waals surface area contributed by atoms with Crippen molar-refractivity contribution >= 4 is 40.4 Å². The molecule has 1 saturated carbocycles. The van der Waals surface area contributed by atoms with Crippen molar-refractivity contribution in [2.45, 2.75) is 91.0 Å². The molecule has 9 heteroatoms. The Morgan fingerprint density at radius 3 is 2.30 bits per heavy atom. The second-order valence-electron chi connectivity index (χ2n) is 14.3. The van der Waals surface area contributed by atoms with Crippen molar-refractivity contribution < 1.29 is 28.3 Å². The summed E-state index contributed by atoms with van der Waals surface area (Å²) in [6.07, 6.45) is 3.28. The number of hydrogen-bond acceptors (Lipinski definition) is 5. The number of hydrogen-bond donors (Lipinski definition) is 1. The molecule has 2 aromatic heterocycles. The van der Waals surface area contributed by atoms with Crippen LogP contribution in [0.2, 0.25) is 5.02 Å². The van der Waals surface area contributed by atoms with Gasteiger partial charge >= 0.3 is 5.97 Å². The van der Waals surface area contributed by atoms with E-state index in [1.807, 2.05) is 40.7 Å². The minimum atomic E-state index is -0.795. The molecule has 7 nitrogen and oxygen atoms in total. The summed E-state index contributed by atoms with van der Waals surface area (Å²) in [6.45, 7) is 12.2. The molecule has 1 atom stereocenters. The van der Waals surface area contributed by atoms with E-state index in [2.05, 4.69) is 0 Å². The van der Waals surface area contributed by atoms with E-state index >= 15 is 0 Å². The number of carbonyl (C=O) groups excluding carboxylic acids is 2. The predicted octanol–water partition coefficient (Wildman–Crippen LogP) is 8.07. The number of Topliss-reactive ketones (excluding diaryl/α,β-unsaturated/α-hetero) is 1. The van der Waals surface area contributed by atoms with Gasteiger partial charge < -0.3 is 14.4 Å². The van der Waals surface area contributed by atoms with Gasteiger partial charge in [-0.2, -0.15) is 0 Å². The Labute approximate surface area is 256 Å².